The topological polar surface area (TPSA) is 82.5 Å². The van der Waals surface area contributed by atoms with E-state index in [2.05, 4.69) is 10.4 Å². The molecule has 2 heterocycles. The SMILES string of the molecule is CC1=C(C)N(CC(=O)O)NC(Cc2nc3cc(F)cc(F)c3s2)C1=O. The summed E-state index contributed by atoms with van der Waals surface area (Å²) < 4.78 is 27.3. The van der Waals surface area contributed by atoms with Crippen molar-refractivity contribution in [1.82, 2.24) is 15.4 Å². The number of nitrogens with zero attached hydrogens (tertiary/aromatic N) is 2. The second-order valence-corrected chi connectivity index (χ2v) is 6.87. The first-order valence-electron chi connectivity index (χ1n) is 7.48. The van der Waals surface area contributed by atoms with E-state index in [-0.39, 0.29) is 29.0 Å². The number of rotatable bonds is 4. The zero-order chi connectivity index (χ0) is 18.3. The largest absolute Gasteiger partial charge is 0.480 e. The van der Waals surface area contributed by atoms with E-state index in [4.69, 9.17) is 5.11 Å². The molecule has 2 aromatic rings. The van der Waals surface area contributed by atoms with Gasteiger partial charge in [0.05, 0.1) is 21.3 Å². The molecule has 2 N–H and O–H groups in total. The number of carboxylic acids is 1. The van der Waals surface area contributed by atoms with Gasteiger partial charge in [-0.05, 0) is 13.8 Å². The van der Waals surface area contributed by atoms with Crippen molar-refractivity contribution in [3.63, 3.8) is 0 Å². The third kappa shape index (κ3) is 3.38. The van der Waals surface area contributed by atoms with Gasteiger partial charge in [-0.15, -0.1) is 11.3 Å². The highest BCUT2D eigenvalue weighted by atomic mass is 32.1. The van der Waals surface area contributed by atoms with Gasteiger partial charge in [-0.1, -0.05) is 0 Å². The van der Waals surface area contributed by atoms with E-state index in [1.807, 2.05) is 0 Å². The molecule has 25 heavy (non-hydrogen) atoms. The molecule has 1 atom stereocenters. The van der Waals surface area contributed by atoms with Crippen molar-refractivity contribution < 1.29 is 23.5 Å². The molecule has 9 heteroatoms. The summed E-state index contributed by atoms with van der Waals surface area (Å²) in [5.74, 6) is -2.62. The summed E-state index contributed by atoms with van der Waals surface area (Å²) in [4.78, 5) is 27.6. The number of fused-ring (bicyclic) bond motifs is 1. The molecule has 1 aliphatic heterocycles. The molecule has 1 aromatic heterocycles. The lowest BCUT2D eigenvalue weighted by atomic mass is 9.99. The summed E-state index contributed by atoms with van der Waals surface area (Å²) in [5.41, 5.74) is 4.08. The quantitative estimate of drug-likeness (QED) is 0.863. The fourth-order valence-corrected chi connectivity index (χ4v) is 3.69. The Morgan fingerprint density at radius 2 is 2.12 bits per heavy atom. The number of hydrogen-bond acceptors (Lipinski definition) is 6. The van der Waals surface area contributed by atoms with Crippen LogP contribution in [-0.2, 0) is 16.0 Å². The summed E-state index contributed by atoms with van der Waals surface area (Å²) in [5, 5.41) is 10.9. The van der Waals surface area contributed by atoms with Crippen molar-refractivity contribution in [2.24, 2.45) is 0 Å². The zero-order valence-corrected chi connectivity index (χ0v) is 14.3. The minimum absolute atomic E-state index is 0.153. The number of hydrazine groups is 1. The Morgan fingerprint density at radius 1 is 1.40 bits per heavy atom. The predicted octanol–water partition coefficient (Wildman–Crippen LogP) is 2.25. The highest BCUT2D eigenvalue weighted by Gasteiger charge is 2.31. The van der Waals surface area contributed by atoms with Gasteiger partial charge in [0.25, 0.3) is 0 Å². The molecule has 0 radical (unpaired) electrons. The first kappa shape index (κ1) is 17.4. The minimum Gasteiger partial charge on any atom is -0.480 e. The van der Waals surface area contributed by atoms with Crippen LogP contribution >= 0.6 is 11.3 Å². The van der Waals surface area contributed by atoms with Gasteiger partial charge in [-0.3, -0.25) is 9.59 Å². The lowest BCUT2D eigenvalue weighted by Gasteiger charge is -2.34. The fraction of sp³-hybridized carbons (Fsp3) is 0.312. The van der Waals surface area contributed by atoms with Gasteiger partial charge in [-0.25, -0.2) is 19.2 Å². The normalized spacial score (nSPS) is 18.3. The maximum atomic E-state index is 13.8. The summed E-state index contributed by atoms with van der Waals surface area (Å²) >= 11 is 1.05. The lowest BCUT2D eigenvalue weighted by Crippen LogP contribution is -2.54. The van der Waals surface area contributed by atoms with Crippen molar-refractivity contribution in [3.05, 3.63) is 40.0 Å². The van der Waals surface area contributed by atoms with Crippen LogP contribution in [0.5, 0.6) is 0 Å². The van der Waals surface area contributed by atoms with Gasteiger partial charge in [0, 0.05) is 29.8 Å². The highest BCUT2D eigenvalue weighted by molar-refractivity contribution is 7.18. The summed E-state index contributed by atoms with van der Waals surface area (Å²) in [6.07, 6.45) is 0.153. The van der Waals surface area contributed by atoms with E-state index in [1.165, 1.54) is 5.01 Å². The van der Waals surface area contributed by atoms with E-state index in [0.717, 1.165) is 23.5 Å². The molecule has 0 bridgehead atoms. The Kier molecular flexibility index (Phi) is 4.53. The predicted molar refractivity (Wildman–Crippen MR) is 87.9 cm³/mol. The first-order chi connectivity index (χ1) is 11.8. The van der Waals surface area contributed by atoms with Gasteiger partial charge in [0.15, 0.2) is 5.78 Å². The number of thiazole rings is 1. The van der Waals surface area contributed by atoms with Gasteiger partial charge in [-0.2, -0.15) is 0 Å². The standard InChI is InChI=1S/C16H15F2N3O3S/c1-7-8(2)21(6-14(22)23)20-11(15(7)24)5-13-19-12-4-9(17)3-10(18)16(12)25-13/h3-4,11,20H,5-6H2,1-2H3,(H,22,23). The molecule has 6 nitrogen and oxygen atoms in total. The molecule has 0 amide bonds. The number of nitrogens with one attached hydrogen (secondary N) is 1. The second-order valence-electron chi connectivity index (χ2n) is 5.78. The third-order valence-corrected chi connectivity index (χ3v) is 5.17. The second kappa shape index (κ2) is 6.49. The lowest BCUT2D eigenvalue weighted by molar-refractivity contribution is -0.139. The van der Waals surface area contributed by atoms with Crippen LogP contribution in [0.15, 0.2) is 23.4 Å². The van der Waals surface area contributed by atoms with E-state index in [1.54, 1.807) is 13.8 Å². The van der Waals surface area contributed by atoms with E-state index in [0.29, 0.717) is 16.3 Å². The Hall–Kier alpha value is -2.39. The summed E-state index contributed by atoms with van der Waals surface area (Å²) in [7, 11) is 0. The number of halogens is 2. The molecule has 0 saturated carbocycles. The van der Waals surface area contributed by atoms with Crippen molar-refractivity contribution in [1.29, 1.82) is 0 Å². The van der Waals surface area contributed by atoms with Crippen LogP contribution in [0, 0.1) is 11.6 Å². The Balaban J connectivity index is 1.88. The maximum Gasteiger partial charge on any atom is 0.324 e. The number of allylic oxidation sites excluding steroid dienone is 1. The molecule has 3 rings (SSSR count). The number of benzene rings is 1. The van der Waals surface area contributed by atoms with Gasteiger partial charge < -0.3 is 10.1 Å². The van der Waals surface area contributed by atoms with Crippen LogP contribution in [0.4, 0.5) is 8.78 Å². The number of ketones is 1. The Labute approximate surface area is 145 Å². The minimum atomic E-state index is -1.04. The third-order valence-electron chi connectivity index (χ3n) is 4.07. The highest BCUT2D eigenvalue weighted by Crippen LogP contribution is 2.28. The van der Waals surface area contributed by atoms with Crippen molar-refractivity contribution in [3.8, 4) is 0 Å². The molecule has 0 aliphatic carbocycles. The summed E-state index contributed by atoms with van der Waals surface area (Å²) in [6, 6.07) is 1.22. The number of carbonyl (C=O) groups is 2. The van der Waals surface area contributed by atoms with Crippen molar-refractivity contribution >= 4 is 33.3 Å². The molecule has 1 unspecified atom stereocenters. The Bertz CT molecular complexity index is 909. The maximum absolute atomic E-state index is 13.8. The molecule has 1 aliphatic rings. The molecular weight excluding hydrogens is 352 g/mol. The zero-order valence-electron chi connectivity index (χ0n) is 13.5. The van der Waals surface area contributed by atoms with Crippen LogP contribution < -0.4 is 5.43 Å². The van der Waals surface area contributed by atoms with Crippen LogP contribution in [-0.4, -0.2) is 39.4 Å². The van der Waals surface area contributed by atoms with Gasteiger partial charge >= 0.3 is 5.97 Å². The number of Topliss-reactive ketones (excluding diaryl/α,β-unsaturated/α-hetero) is 1. The molecule has 132 valence electrons. The number of aromatic nitrogens is 1. The first-order valence-corrected chi connectivity index (χ1v) is 8.29. The molecule has 0 saturated heterocycles. The average molecular weight is 367 g/mol. The van der Waals surface area contributed by atoms with Crippen LogP contribution in [0.1, 0.15) is 18.9 Å². The molecular formula is C16H15F2N3O3S. The van der Waals surface area contributed by atoms with Crippen molar-refractivity contribution in [2.75, 3.05) is 6.54 Å². The summed E-state index contributed by atoms with van der Waals surface area (Å²) in [6.45, 7) is 3.00. The molecule has 0 spiro atoms. The van der Waals surface area contributed by atoms with E-state index in [9.17, 15) is 18.4 Å². The number of carboxylic acid groups (broad SMARTS) is 1. The van der Waals surface area contributed by atoms with Crippen LogP contribution in [0.2, 0.25) is 0 Å². The fourth-order valence-electron chi connectivity index (χ4n) is 2.69. The number of aliphatic carboxylic acids is 1. The van der Waals surface area contributed by atoms with Crippen LogP contribution in [0.25, 0.3) is 10.2 Å². The van der Waals surface area contributed by atoms with Gasteiger partial charge in [0.1, 0.15) is 18.2 Å². The van der Waals surface area contributed by atoms with E-state index >= 15 is 0 Å². The van der Waals surface area contributed by atoms with Crippen molar-refractivity contribution in [2.45, 2.75) is 26.3 Å². The number of hydrogen-bond donors (Lipinski definition) is 2. The smallest absolute Gasteiger partial charge is 0.324 e. The molecule has 1 aromatic carbocycles. The van der Waals surface area contributed by atoms with Crippen LogP contribution in [0.3, 0.4) is 0 Å². The average Bonchev–Trinajstić information content (AvgIpc) is 2.92. The monoisotopic (exact) mass is 367 g/mol. The van der Waals surface area contributed by atoms with Gasteiger partial charge in [0.2, 0.25) is 0 Å². The Morgan fingerprint density at radius 3 is 2.80 bits per heavy atom. The van der Waals surface area contributed by atoms with E-state index < -0.39 is 23.6 Å². The molecule has 0 fully saturated rings. The number of carbonyl (C=O) groups excluding carboxylic acids is 1.